The molecule has 84 valence electrons. The van der Waals surface area contributed by atoms with E-state index in [0.29, 0.717) is 0 Å². The van der Waals surface area contributed by atoms with Crippen molar-refractivity contribution in [3.63, 3.8) is 0 Å². The van der Waals surface area contributed by atoms with Crippen molar-refractivity contribution in [2.24, 2.45) is 7.05 Å². The molecule has 0 atom stereocenters. The van der Waals surface area contributed by atoms with Crippen molar-refractivity contribution in [3.8, 4) is 0 Å². The molecular weight excluding hydrogens is 242 g/mol. The fourth-order valence-corrected chi connectivity index (χ4v) is 3.21. The van der Waals surface area contributed by atoms with E-state index in [-0.39, 0.29) is 23.3 Å². The predicted molar refractivity (Wildman–Crippen MR) is 53.0 cm³/mol. The Kier molecular flexibility index (Phi) is 2.50. The average molecular weight is 252 g/mol. The normalized spacial score (nSPS) is 19.1. The third-order valence-electron chi connectivity index (χ3n) is 2.25. The summed E-state index contributed by atoms with van der Waals surface area (Å²) in [6, 6.07) is 0. The zero-order valence-electron chi connectivity index (χ0n) is 7.96. The summed E-state index contributed by atoms with van der Waals surface area (Å²) in [6.45, 7) is 0.213. The van der Waals surface area contributed by atoms with E-state index >= 15 is 0 Å². The summed E-state index contributed by atoms with van der Waals surface area (Å²) in [5.74, 6) is 0. The third kappa shape index (κ3) is 1.65. The first kappa shape index (κ1) is 10.9. The summed E-state index contributed by atoms with van der Waals surface area (Å²) in [5, 5.41) is 8.96. The second kappa shape index (κ2) is 3.44. The third-order valence-corrected chi connectivity index (χ3v) is 4.57. The Balaban J connectivity index is 2.34. The van der Waals surface area contributed by atoms with Gasteiger partial charge in [0.1, 0.15) is 5.15 Å². The minimum absolute atomic E-state index is 0.0800. The van der Waals surface area contributed by atoms with Crippen LogP contribution in [0.15, 0.2) is 11.4 Å². The second-order valence-electron chi connectivity index (χ2n) is 3.43. The van der Waals surface area contributed by atoms with E-state index in [1.54, 1.807) is 7.05 Å². The summed E-state index contributed by atoms with van der Waals surface area (Å²) in [6.07, 6.45) is 0.757. The summed E-state index contributed by atoms with van der Waals surface area (Å²) in [4.78, 5) is 3.73. The summed E-state index contributed by atoms with van der Waals surface area (Å²) in [5.41, 5.74) is 0. The molecule has 1 fully saturated rings. The number of aliphatic hydroxyl groups is 1. The SMILES string of the molecule is Cn1cnc(S(=O)(=O)N2CC(O)C2)c1Cl. The zero-order chi connectivity index (χ0) is 11.2. The maximum Gasteiger partial charge on any atom is 0.263 e. The van der Waals surface area contributed by atoms with Crippen molar-refractivity contribution in [1.29, 1.82) is 0 Å². The van der Waals surface area contributed by atoms with Gasteiger partial charge in [0, 0.05) is 20.1 Å². The number of nitrogens with zero attached hydrogens (tertiary/aromatic N) is 3. The lowest BCUT2D eigenvalue weighted by molar-refractivity contribution is 0.0546. The van der Waals surface area contributed by atoms with Gasteiger partial charge in [0.05, 0.1) is 12.4 Å². The highest BCUT2D eigenvalue weighted by Gasteiger charge is 2.38. The molecule has 1 aromatic rings. The molecule has 0 bridgehead atoms. The smallest absolute Gasteiger partial charge is 0.263 e. The van der Waals surface area contributed by atoms with Gasteiger partial charge in [-0.1, -0.05) is 11.6 Å². The molecule has 1 N–H and O–H groups in total. The largest absolute Gasteiger partial charge is 0.390 e. The summed E-state index contributed by atoms with van der Waals surface area (Å²) < 4.78 is 26.3. The molecule has 2 rings (SSSR count). The highest BCUT2D eigenvalue weighted by atomic mass is 35.5. The maximum atomic E-state index is 11.8. The van der Waals surface area contributed by atoms with Gasteiger partial charge in [-0.2, -0.15) is 4.31 Å². The number of aryl methyl sites for hydroxylation is 1. The van der Waals surface area contributed by atoms with Crippen LogP contribution in [0.3, 0.4) is 0 Å². The maximum absolute atomic E-state index is 11.8. The van der Waals surface area contributed by atoms with Crippen LogP contribution in [0.25, 0.3) is 0 Å². The fourth-order valence-electron chi connectivity index (χ4n) is 1.30. The lowest BCUT2D eigenvalue weighted by atomic mass is 10.2. The molecule has 0 aliphatic carbocycles. The Bertz CT molecular complexity index is 478. The topological polar surface area (TPSA) is 75.4 Å². The van der Waals surface area contributed by atoms with Crippen LogP contribution in [0.4, 0.5) is 0 Å². The van der Waals surface area contributed by atoms with Gasteiger partial charge in [-0.15, -0.1) is 0 Å². The molecule has 0 unspecified atom stereocenters. The molecule has 0 spiro atoms. The first-order valence-electron chi connectivity index (χ1n) is 4.28. The molecule has 0 aromatic carbocycles. The summed E-state index contributed by atoms with van der Waals surface area (Å²) >= 11 is 5.79. The number of sulfonamides is 1. The van der Waals surface area contributed by atoms with Crippen LogP contribution in [-0.2, 0) is 17.1 Å². The fraction of sp³-hybridized carbons (Fsp3) is 0.571. The van der Waals surface area contributed by atoms with Crippen LogP contribution in [0.1, 0.15) is 0 Å². The molecule has 8 heteroatoms. The van der Waals surface area contributed by atoms with Crippen LogP contribution in [0, 0.1) is 0 Å². The zero-order valence-corrected chi connectivity index (χ0v) is 9.53. The van der Waals surface area contributed by atoms with Crippen molar-refractivity contribution in [2.75, 3.05) is 13.1 Å². The molecule has 0 saturated carbocycles. The predicted octanol–water partition coefficient (Wildman–Crippen LogP) is -0.561. The van der Waals surface area contributed by atoms with Gasteiger partial charge < -0.3 is 9.67 Å². The minimum atomic E-state index is -3.64. The van der Waals surface area contributed by atoms with E-state index in [0.717, 1.165) is 4.31 Å². The highest BCUT2D eigenvalue weighted by Crippen LogP contribution is 2.25. The quantitative estimate of drug-likeness (QED) is 0.765. The molecule has 1 aliphatic rings. The van der Waals surface area contributed by atoms with E-state index in [1.165, 1.54) is 10.9 Å². The van der Waals surface area contributed by atoms with Gasteiger partial charge in [0.2, 0.25) is 5.03 Å². The van der Waals surface area contributed by atoms with Crippen LogP contribution in [0.5, 0.6) is 0 Å². The van der Waals surface area contributed by atoms with Crippen LogP contribution in [-0.4, -0.2) is 46.6 Å². The Morgan fingerprint density at radius 1 is 1.60 bits per heavy atom. The molecule has 0 radical (unpaired) electrons. The average Bonchev–Trinajstić information content (AvgIpc) is 2.43. The van der Waals surface area contributed by atoms with Crippen LogP contribution >= 0.6 is 11.6 Å². The number of aromatic nitrogens is 2. The molecule has 15 heavy (non-hydrogen) atoms. The molecule has 1 aliphatic heterocycles. The van der Waals surface area contributed by atoms with Crippen LogP contribution in [0.2, 0.25) is 5.15 Å². The number of halogens is 1. The van der Waals surface area contributed by atoms with Crippen LogP contribution < -0.4 is 0 Å². The van der Waals surface area contributed by atoms with Crippen molar-refractivity contribution in [3.05, 3.63) is 11.5 Å². The number of imidazole rings is 1. The number of hydrogen-bond acceptors (Lipinski definition) is 4. The number of aliphatic hydroxyl groups excluding tert-OH is 1. The van der Waals surface area contributed by atoms with Crippen molar-refractivity contribution < 1.29 is 13.5 Å². The monoisotopic (exact) mass is 251 g/mol. The van der Waals surface area contributed by atoms with E-state index in [1.807, 2.05) is 0 Å². The van der Waals surface area contributed by atoms with Gasteiger partial charge >= 0.3 is 0 Å². The van der Waals surface area contributed by atoms with Crippen molar-refractivity contribution in [1.82, 2.24) is 13.9 Å². The Morgan fingerprint density at radius 2 is 2.20 bits per heavy atom. The van der Waals surface area contributed by atoms with E-state index in [2.05, 4.69) is 4.98 Å². The first-order valence-corrected chi connectivity index (χ1v) is 6.10. The first-order chi connectivity index (χ1) is 6.93. The number of hydrogen-bond donors (Lipinski definition) is 1. The van der Waals surface area contributed by atoms with E-state index < -0.39 is 16.1 Å². The molecule has 6 nitrogen and oxygen atoms in total. The number of β-amino-alcohol motifs (C(OH)–C–C–N with tert-alkyl or cyclic N) is 1. The van der Waals surface area contributed by atoms with E-state index in [9.17, 15) is 8.42 Å². The lowest BCUT2D eigenvalue weighted by Gasteiger charge is -2.33. The van der Waals surface area contributed by atoms with Gasteiger partial charge in [-0.05, 0) is 0 Å². The Morgan fingerprint density at radius 3 is 2.60 bits per heavy atom. The Labute approximate surface area is 92.1 Å². The standard InChI is InChI=1S/C7H10ClN3O3S/c1-10-4-9-7(6(10)8)15(13,14)11-2-5(12)3-11/h4-5,12H,2-3H2,1H3. The molecule has 0 amide bonds. The Hall–Kier alpha value is -0.630. The van der Waals surface area contributed by atoms with Crippen molar-refractivity contribution >= 4 is 21.6 Å². The molecule has 2 heterocycles. The minimum Gasteiger partial charge on any atom is -0.390 e. The van der Waals surface area contributed by atoms with Gasteiger partial charge in [0.25, 0.3) is 10.0 Å². The van der Waals surface area contributed by atoms with E-state index in [4.69, 9.17) is 16.7 Å². The highest BCUT2D eigenvalue weighted by molar-refractivity contribution is 7.89. The molecule has 1 saturated heterocycles. The summed E-state index contributed by atoms with van der Waals surface area (Å²) in [7, 11) is -2.03. The molecular formula is C7H10ClN3O3S. The number of rotatable bonds is 2. The van der Waals surface area contributed by atoms with Gasteiger partial charge in [0.15, 0.2) is 0 Å². The van der Waals surface area contributed by atoms with Gasteiger partial charge in [-0.3, -0.25) is 0 Å². The van der Waals surface area contributed by atoms with Crippen molar-refractivity contribution in [2.45, 2.75) is 11.1 Å². The second-order valence-corrected chi connectivity index (χ2v) is 5.64. The van der Waals surface area contributed by atoms with Gasteiger partial charge in [-0.25, -0.2) is 13.4 Å². The lowest BCUT2D eigenvalue weighted by Crippen LogP contribution is -2.53. The molecule has 1 aromatic heterocycles.